The number of amides is 1. The Morgan fingerprint density at radius 3 is 2.50 bits per heavy atom. The fourth-order valence-corrected chi connectivity index (χ4v) is 4.31. The molecular weight excluding hydrogens is 345 g/mol. The normalized spacial score (nSPS) is 29.1. The molecule has 1 aromatic carbocycles. The molecule has 1 saturated heterocycles. The summed E-state index contributed by atoms with van der Waals surface area (Å²) in [4.78, 5) is 16.4. The third-order valence-corrected chi connectivity index (χ3v) is 5.73. The molecule has 0 spiro atoms. The topological polar surface area (TPSA) is 43.8 Å². The Morgan fingerprint density at radius 1 is 1.23 bits per heavy atom. The molecule has 4 nitrogen and oxygen atoms in total. The van der Waals surface area contributed by atoms with E-state index in [-0.39, 0.29) is 24.3 Å². The fourth-order valence-electron chi connectivity index (χ4n) is 4.31. The van der Waals surface area contributed by atoms with E-state index in [1.54, 1.807) is 11.0 Å². The van der Waals surface area contributed by atoms with Gasteiger partial charge in [0.05, 0.1) is 18.1 Å². The molecule has 1 aromatic rings. The van der Waals surface area contributed by atoms with E-state index in [1.165, 1.54) is 6.07 Å². The zero-order chi connectivity index (χ0) is 19.1. The predicted octanol–water partition coefficient (Wildman–Crippen LogP) is 2.41. The van der Waals surface area contributed by atoms with Gasteiger partial charge in [0.15, 0.2) is 0 Å². The number of benzene rings is 1. The van der Waals surface area contributed by atoms with Crippen LogP contribution in [0.3, 0.4) is 0 Å². The molecule has 144 valence electrons. The number of nitrogens with zero attached hydrogens (tertiary/aromatic N) is 2. The Balaban J connectivity index is 1.64. The van der Waals surface area contributed by atoms with Gasteiger partial charge in [0.2, 0.25) is 5.91 Å². The van der Waals surface area contributed by atoms with Crippen LogP contribution >= 0.6 is 0 Å². The Hall–Kier alpha value is -1.60. The molecule has 0 radical (unpaired) electrons. The molecule has 0 unspecified atom stereocenters. The number of carbonyl (C=O) groups excluding carboxylic acids is 1. The van der Waals surface area contributed by atoms with E-state index >= 15 is 0 Å². The molecule has 1 N–H and O–H groups in total. The SMILES string of the molecule is CN(C)[C@@H]1C[C@@H]2CN(C(=O)Cc3cccc(C(F)(F)F)c3)C[C@@H]2C[C@H]1O. The number of halogens is 3. The summed E-state index contributed by atoms with van der Waals surface area (Å²) in [6.07, 6.45) is -3.32. The quantitative estimate of drug-likeness (QED) is 0.889. The number of aliphatic hydroxyl groups is 1. The van der Waals surface area contributed by atoms with Gasteiger partial charge in [-0.05, 0) is 50.4 Å². The van der Waals surface area contributed by atoms with Crippen molar-refractivity contribution in [1.82, 2.24) is 9.80 Å². The largest absolute Gasteiger partial charge is 0.416 e. The maximum Gasteiger partial charge on any atom is 0.416 e. The van der Waals surface area contributed by atoms with Crippen LogP contribution in [-0.2, 0) is 17.4 Å². The van der Waals surface area contributed by atoms with E-state index in [0.29, 0.717) is 31.0 Å². The van der Waals surface area contributed by atoms with E-state index in [0.717, 1.165) is 18.6 Å². The zero-order valence-corrected chi connectivity index (χ0v) is 15.0. The van der Waals surface area contributed by atoms with Crippen LogP contribution in [0.4, 0.5) is 13.2 Å². The van der Waals surface area contributed by atoms with Crippen LogP contribution in [0.5, 0.6) is 0 Å². The highest BCUT2D eigenvalue weighted by atomic mass is 19.4. The van der Waals surface area contributed by atoms with Crippen molar-refractivity contribution in [2.75, 3.05) is 27.2 Å². The van der Waals surface area contributed by atoms with Crippen LogP contribution in [-0.4, -0.2) is 60.1 Å². The van der Waals surface area contributed by atoms with Crippen molar-refractivity contribution >= 4 is 5.91 Å². The van der Waals surface area contributed by atoms with Crippen LogP contribution in [0.15, 0.2) is 24.3 Å². The van der Waals surface area contributed by atoms with Crippen molar-refractivity contribution in [3.8, 4) is 0 Å². The second-order valence-corrected chi connectivity index (χ2v) is 7.76. The first-order chi connectivity index (χ1) is 12.1. The van der Waals surface area contributed by atoms with Crippen molar-refractivity contribution in [2.24, 2.45) is 11.8 Å². The number of aliphatic hydroxyl groups excluding tert-OH is 1. The van der Waals surface area contributed by atoms with Crippen LogP contribution in [0, 0.1) is 11.8 Å². The Morgan fingerprint density at radius 2 is 1.88 bits per heavy atom. The molecule has 7 heteroatoms. The van der Waals surface area contributed by atoms with Crippen LogP contribution in [0.25, 0.3) is 0 Å². The maximum absolute atomic E-state index is 12.8. The first-order valence-electron chi connectivity index (χ1n) is 8.93. The van der Waals surface area contributed by atoms with Gasteiger partial charge in [-0.2, -0.15) is 13.2 Å². The van der Waals surface area contributed by atoms with Crippen molar-refractivity contribution in [3.63, 3.8) is 0 Å². The van der Waals surface area contributed by atoms with Gasteiger partial charge in [0.25, 0.3) is 0 Å². The average molecular weight is 370 g/mol. The van der Waals surface area contributed by atoms with Crippen molar-refractivity contribution < 1.29 is 23.1 Å². The molecule has 1 aliphatic heterocycles. The van der Waals surface area contributed by atoms with E-state index < -0.39 is 17.8 Å². The van der Waals surface area contributed by atoms with Gasteiger partial charge in [-0.3, -0.25) is 4.79 Å². The Kier molecular flexibility index (Phi) is 5.30. The summed E-state index contributed by atoms with van der Waals surface area (Å²) in [7, 11) is 3.89. The standard InChI is InChI=1S/C19H25F3N2O2/c1-23(2)16-8-13-10-24(11-14(13)9-17(16)25)18(26)7-12-4-3-5-15(6-12)19(20,21)22/h3-6,13-14,16-17,25H,7-11H2,1-2H3/t13-,14+,16-,17-/m1/s1. The average Bonchev–Trinajstić information content (AvgIpc) is 2.96. The summed E-state index contributed by atoms with van der Waals surface area (Å²) >= 11 is 0. The zero-order valence-electron chi connectivity index (χ0n) is 15.0. The molecule has 1 amide bonds. The van der Waals surface area contributed by atoms with Gasteiger partial charge in [-0.15, -0.1) is 0 Å². The van der Waals surface area contributed by atoms with Gasteiger partial charge < -0.3 is 14.9 Å². The first-order valence-corrected chi connectivity index (χ1v) is 8.93. The number of likely N-dealkylation sites (N-methyl/N-ethyl adjacent to an activating group) is 1. The van der Waals surface area contributed by atoms with Crippen molar-refractivity contribution in [3.05, 3.63) is 35.4 Å². The summed E-state index contributed by atoms with van der Waals surface area (Å²) in [6, 6.07) is 5.05. The highest BCUT2D eigenvalue weighted by Crippen LogP contribution is 2.38. The number of hydrogen-bond acceptors (Lipinski definition) is 3. The van der Waals surface area contributed by atoms with Crippen LogP contribution in [0.2, 0.25) is 0 Å². The van der Waals surface area contributed by atoms with Crippen molar-refractivity contribution in [2.45, 2.75) is 37.6 Å². The van der Waals surface area contributed by atoms with Gasteiger partial charge in [-0.25, -0.2) is 0 Å². The third kappa shape index (κ3) is 4.04. The minimum Gasteiger partial charge on any atom is -0.391 e. The van der Waals surface area contributed by atoms with Crippen LogP contribution in [0.1, 0.15) is 24.0 Å². The number of fused-ring (bicyclic) bond motifs is 1. The summed E-state index contributed by atoms with van der Waals surface area (Å²) in [5.41, 5.74) is -0.347. The van der Waals surface area contributed by atoms with E-state index in [9.17, 15) is 23.1 Å². The molecule has 2 aliphatic rings. The molecule has 26 heavy (non-hydrogen) atoms. The van der Waals surface area contributed by atoms with E-state index in [4.69, 9.17) is 0 Å². The number of hydrogen-bond donors (Lipinski definition) is 1. The molecule has 1 saturated carbocycles. The molecule has 0 bridgehead atoms. The molecule has 0 aromatic heterocycles. The molecule has 2 fully saturated rings. The number of carbonyl (C=O) groups is 1. The van der Waals surface area contributed by atoms with Gasteiger partial charge in [0.1, 0.15) is 0 Å². The van der Waals surface area contributed by atoms with Crippen LogP contribution < -0.4 is 0 Å². The molecule has 1 heterocycles. The minimum absolute atomic E-state index is 0.0248. The Bertz CT molecular complexity index is 662. The molecular formula is C19H25F3N2O2. The second kappa shape index (κ2) is 7.19. The fraction of sp³-hybridized carbons (Fsp3) is 0.632. The summed E-state index contributed by atoms with van der Waals surface area (Å²) in [6.45, 7) is 1.21. The second-order valence-electron chi connectivity index (χ2n) is 7.76. The number of alkyl halides is 3. The van der Waals surface area contributed by atoms with E-state index in [1.807, 2.05) is 19.0 Å². The maximum atomic E-state index is 12.8. The summed E-state index contributed by atoms with van der Waals surface area (Å²) in [5, 5.41) is 10.3. The smallest absolute Gasteiger partial charge is 0.391 e. The highest BCUT2D eigenvalue weighted by molar-refractivity contribution is 5.79. The van der Waals surface area contributed by atoms with Crippen molar-refractivity contribution in [1.29, 1.82) is 0 Å². The number of likely N-dealkylation sites (tertiary alicyclic amines) is 1. The molecule has 3 rings (SSSR count). The lowest BCUT2D eigenvalue weighted by Crippen LogP contribution is -2.46. The summed E-state index contributed by atoms with van der Waals surface area (Å²) < 4.78 is 38.5. The molecule has 4 atom stereocenters. The Labute approximate surface area is 151 Å². The monoisotopic (exact) mass is 370 g/mol. The van der Waals surface area contributed by atoms with E-state index in [2.05, 4.69) is 0 Å². The van der Waals surface area contributed by atoms with Gasteiger partial charge in [0, 0.05) is 19.1 Å². The van der Waals surface area contributed by atoms with Gasteiger partial charge >= 0.3 is 6.18 Å². The third-order valence-electron chi connectivity index (χ3n) is 5.73. The molecule has 1 aliphatic carbocycles. The highest BCUT2D eigenvalue weighted by Gasteiger charge is 2.43. The number of rotatable bonds is 3. The van der Waals surface area contributed by atoms with Gasteiger partial charge in [-0.1, -0.05) is 18.2 Å². The lowest BCUT2D eigenvalue weighted by molar-refractivity contribution is -0.138. The summed E-state index contributed by atoms with van der Waals surface area (Å²) in [5.74, 6) is 0.470. The lowest BCUT2D eigenvalue weighted by atomic mass is 9.77. The predicted molar refractivity (Wildman–Crippen MR) is 91.4 cm³/mol. The lowest BCUT2D eigenvalue weighted by Gasteiger charge is -2.38. The minimum atomic E-state index is -4.40. The first kappa shape index (κ1) is 19.2.